The van der Waals surface area contributed by atoms with Gasteiger partial charge < -0.3 is 4.90 Å². The zero-order chi connectivity index (χ0) is 22.9. The van der Waals surface area contributed by atoms with Crippen molar-refractivity contribution in [1.29, 1.82) is 0 Å². The molecule has 4 aliphatic rings. The zero-order valence-electron chi connectivity index (χ0n) is 18.9. The van der Waals surface area contributed by atoms with E-state index in [1.807, 2.05) is 46.3 Å². The molecule has 7 rings (SSSR count). The molecular weight excluding hydrogens is 426 g/mol. The number of aromatic nitrogens is 2. The fourth-order valence-electron chi connectivity index (χ4n) is 5.13. The summed E-state index contributed by atoms with van der Waals surface area (Å²) in [7, 11) is 0. The minimum absolute atomic E-state index is 0.128. The van der Waals surface area contributed by atoms with Crippen LogP contribution in [0.15, 0.2) is 59.9 Å². The van der Waals surface area contributed by atoms with Crippen molar-refractivity contribution in [1.82, 2.24) is 19.8 Å². The molecular formula is C27H25N5O2. The van der Waals surface area contributed by atoms with E-state index in [0.29, 0.717) is 18.4 Å². The maximum absolute atomic E-state index is 13.2. The number of amides is 2. The van der Waals surface area contributed by atoms with Gasteiger partial charge in [0.1, 0.15) is 11.4 Å². The van der Waals surface area contributed by atoms with Gasteiger partial charge in [-0.25, -0.2) is 0 Å². The Balaban J connectivity index is 1.11. The SMILES string of the molecule is O=C(C1CC1)N1CC(CN2C(=O)C3(CC3)N=C2c2ccc(-c3cnc4cccnc4c3)cc2)C1. The number of carbonyl (C=O) groups excluding carboxylic acids is 2. The van der Waals surface area contributed by atoms with E-state index in [1.165, 1.54) is 0 Å². The van der Waals surface area contributed by atoms with Crippen LogP contribution in [0, 0.1) is 11.8 Å². The maximum atomic E-state index is 13.2. The van der Waals surface area contributed by atoms with Crippen LogP contribution in [0.4, 0.5) is 0 Å². The second-order valence-electron chi connectivity index (χ2n) is 10.1. The molecule has 0 N–H and O–H groups in total. The summed E-state index contributed by atoms with van der Waals surface area (Å²) in [5, 5.41) is 0. The molecule has 2 aromatic heterocycles. The summed E-state index contributed by atoms with van der Waals surface area (Å²) in [5.74, 6) is 1.78. The predicted octanol–water partition coefficient (Wildman–Crippen LogP) is 3.29. The lowest BCUT2D eigenvalue weighted by atomic mass is 9.98. The largest absolute Gasteiger partial charge is 0.342 e. The number of nitrogens with zero attached hydrogens (tertiary/aromatic N) is 5. The van der Waals surface area contributed by atoms with Crippen LogP contribution in [0.2, 0.25) is 0 Å². The fourth-order valence-corrected chi connectivity index (χ4v) is 5.13. The summed E-state index contributed by atoms with van der Waals surface area (Å²) in [5.41, 5.74) is 4.22. The van der Waals surface area contributed by atoms with Crippen molar-refractivity contribution < 1.29 is 9.59 Å². The molecule has 2 aliphatic carbocycles. The molecule has 34 heavy (non-hydrogen) atoms. The molecule has 7 nitrogen and oxygen atoms in total. The highest BCUT2D eigenvalue weighted by Crippen LogP contribution is 2.46. The van der Waals surface area contributed by atoms with Crippen molar-refractivity contribution >= 4 is 28.7 Å². The van der Waals surface area contributed by atoms with Gasteiger partial charge in [-0.15, -0.1) is 0 Å². The van der Waals surface area contributed by atoms with Crippen molar-refractivity contribution in [2.24, 2.45) is 16.8 Å². The predicted molar refractivity (Wildman–Crippen MR) is 128 cm³/mol. The number of hydrogen-bond donors (Lipinski definition) is 0. The fraction of sp³-hybridized carbons (Fsp3) is 0.370. The number of likely N-dealkylation sites (tertiary alicyclic amines) is 1. The van der Waals surface area contributed by atoms with Gasteiger partial charge in [0, 0.05) is 55.0 Å². The summed E-state index contributed by atoms with van der Waals surface area (Å²) in [4.78, 5) is 43.1. The lowest BCUT2D eigenvalue weighted by Gasteiger charge is -2.41. The van der Waals surface area contributed by atoms with Crippen molar-refractivity contribution in [3.8, 4) is 11.1 Å². The quantitative estimate of drug-likeness (QED) is 0.596. The Labute approximate surface area is 197 Å². The van der Waals surface area contributed by atoms with Crippen LogP contribution in [0.25, 0.3) is 22.2 Å². The molecule has 0 unspecified atom stereocenters. The van der Waals surface area contributed by atoms with E-state index in [4.69, 9.17) is 4.99 Å². The molecule has 0 radical (unpaired) electrons. The second-order valence-corrected chi connectivity index (χ2v) is 10.1. The summed E-state index contributed by atoms with van der Waals surface area (Å²) in [6.45, 7) is 2.14. The van der Waals surface area contributed by atoms with Crippen LogP contribution >= 0.6 is 0 Å². The first-order valence-corrected chi connectivity index (χ1v) is 12.1. The van der Waals surface area contributed by atoms with Crippen LogP contribution in [0.3, 0.4) is 0 Å². The minimum atomic E-state index is -0.533. The number of amidine groups is 1. The number of aliphatic imine (C=N–C) groups is 1. The number of pyridine rings is 2. The smallest absolute Gasteiger partial charge is 0.256 e. The van der Waals surface area contributed by atoms with Gasteiger partial charge in [0.2, 0.25) is 5.91 Å². The molecule has 4 heterocycles. The van der Waals surface area contributed by atoms with Gasteiger partial charge in [-0.3, -0.25) is 29.4 Å². The third-order valence-corrected chi connectivity index (χ3v) is 7.51. The van der Waals surface area contributed by atoms with E-state index in [-0.39, 0.29) is 11.8 Å². The molecule has 7 heteroatoms. The van der Waals surface area contributed by atoms with Gasteiger partial charge in [0.25, 0.3) is 5.91 Å². The third-order valence-electron chi connectivity index (χ3n) is 7.51. The molecule has 0 atom stereocenters. The van der Waals surface area contributed by atoms with Crippen LogP contribution in [-0.4, -0.2) is 62.6 Å². The minimum Gasteiger partial charge on any atom is -0.342 e. The van der Waals surface area contributed by atoms with Crippen molar-refractivity contribution in [3.05, 3.63) is 60.4 Å². The van der Waals surface area contributed by atoms with Crippen LogP contribution < -0.4 is 0 Å². The van der Waals surface area contributed by atoms with E-state index in [2.05, 4.69) is 22.1 Å². The molecule has 170 valence electrons. The molecule has 1 aromatic carbocycles. The number of rotatable bonds is 5. The Morgan fingerprint density at radius 1 is 0.971 bits per heavy atom. The van der Waals surface area contributed by atoms with Crippen LogP contribution in [0.5, 0.6) is 0 Å². The highest BCUT2D eigenvalue weighted by atomic mass is 16.2. The van der Waals surface area contributed by atoms with Crippen LogP contribution in [-0.2, 0) is 9.59 Å². The molecule has 2 amide bonds. The van der Waals surface area contributed by atoms with Gasteiger partial charge in [0.05, 0.1) is 11.0 Å². The Morgan fingerprint density at radius 2 is 1.74 bits per heavy atom. The van der Waals surface area contributed by atoms with Gasteiger partial charge >= 0.3 is 0 Å². The van der Waals surface area contributed by atoms with E-state index >= 15 is 0 Å². The second kappa shape index (κ2) is 7.19. The third kappa shape index (κ3) is 3.22. The highest BCUT2D eigenvalue weighted by molar-refractivity contribution is 6.16. The van der Waals surface area contributed by atoms with Gasteiger partial charge in [-0.05, 0) is 49.4 Å². The van der Waals surface area contributed by atoms with Gasteiger partial charge in [-0.1, -0.05) is 24.3 Å². The summed E-state index contributed by atoms with van der Waals surface area (Å²) in [6.07, 6.45) is 7.37. The Morgan fingerprint density at radius 3 is 2.47 bits per heavy atom. The molecule has 3 aromatic rings. The van der Waals surface area contributed by atoms with Crippen LogP contribution in [0.1, 0.15) is 31.2 Å². The molecule has 2 saturated carbocycles. The number of fused-ring (bicyclic) bond motifs is 1. The average Bonchev–Trinajstić information content (AvgIpc) is 3.76. The van der Waals surface area contributed by atoms with E-state index in [0.717, 1.165) is 72.3 Å². The van der Waals surface area contributed by atoms with Crippen molar-refractivity contribution in [2.45, 2.75) is 31.2 Å². The first kappa shape index (κ1) is 19.8. The van der Waals surface area contributed by atoms with Gasteiger partial charge in [-0.2, -0.15) is 0 Å². The Bertz CT molecular complexity index is 1350. The Hall–Kier alpha value is -3.61. The molecule has 3 fully saturated rings. The van der Waals surface area contributed by atoms with E-state index in [9.17, 15) is 9.59 Å². The summed E-state index contributed by atoms with van der Waals surface area (Å²) >= 11 is 0. The summed E-state index contributed by atoms with van der Waals surface area (Å²) < 4.78 is 0. The van der Waals surface area contributed by atoms with Crippen molar-refractivity contribution in [3.63, 3.8) is 0 Å². The summed E-state index contributed by atoms with van der Waals surface area (Å²) in [6, 6.07) is 14.1. The highest BCUT2D eigenvalue weighted by Gasteiger charge is 2.57. The number of benzene rings is 1. The first-order valence-electron chi connectivity index (χ1n) is 12.1. The number of carbonyl (C=O) groups is 2. The normalized spacial score (nSPS) is 21.2. The topological polar surface area (TPSA) is 78.8 Å². The van der Waals surface area contributed by atoms with Crippen molar-refractivity contribution in [2.75, 3.05) is 19.6 Å². The monoisotopic (exact) mass is 451 g/mol. The maximum Gasteiger partial charge on any atom is 0.256 e. The van der Waals surface area contributed by atoms with Gasteiger partial charge in [0.15, 0.2) is 0 Å². The average molecular weight is 452 g/mol. The standard InChI is InChI=1S/C27H25N5O2/c33-25(20-7-8-20)31-14-17(15-31)16-32-24(30-27(9-10-27)26(32)34)19-5-3-18(4-6-19)21-12-23-22(29-13-21)2-1-11-28-23/h1-6,11-13,17,20H,7-10,14-16H2. The molecule has 0 bridgehead atoms. The Kier molecular flexibility index (Phi) is 4.19. The first-order chi connectivity index (χ1) is 16.6. The molecule has 2 aliphatic heterocycles. The molecule has 1 spiro atoms. The van der Waals surface area contributed by atoms with E-state index in [1.54, 1.807) is 6.20 Å². The number of hydrogen-bond acceptors (Lipinski definition) is 5. The zero-order valence-corrected chi connectivity index (χ0v) is 18.9. The molecule has 1 saturated heterocycles. The lowest BCUT2D eigenvalue weighted by Crippen LogP contribution is -2.55. The lowest BCUT2D eigenvalue weighted by molar-refractivity contribution is -0.139. The van der Waals surface area contributed by atoms with E-state index < -0.39 is 5.54 Å².